The highest BCUT2D eigenvalue weighted by Gasteiger charge is 2.15. The molecular weight excluding hydrogens is 392 g/mol. The van der Waals surface area contributed by atoms with E-state index in [4.69, 9.17) is 24.2 Å². The maximum Gasteiger partial charge on any atom is 0.344 e. The molecule has 0 radical (unpaired) electrons. The first-order chi connectivity index (χ1) is 14.2. The Bertz CT molecular complexity index is 1040. The van der Waals surface area contributed by atoms with Crippen molar-refractivity contribution < 1.29 is 23.7 Å². The third-order valence-electron chi connectivity index (χ3n) is 3.92. The summed E-state index contributed by atoms with van der Waals surface area (Å²) < 4.78 is 21.3. The normalized spacial score (nSPS) is 10.1. The number of rotatable bonds is 8. The molecule has 0 aliphatic rings. The highest BCUT2D eigenvalue weighted by atomic mass is 32.1. The number of methoxy groups -OCH3 is 2. The lowest BCUT2D eigenvalue weighted by molar-refractivity contribution is -0.147. The lowest BCUT2D eigenvalue weighted by atomic mass is 10.2. The van der Waals surface area contributed by atoms with Gasteiger partial charge in [0, 0.05) is 5.38 Å². The van der Waals surface area contributed by atoms with Crippen molar-refractivity contribution in [3.05, 3.63) is 59.1 Å². The highest BCUT2D eigenvalue weighted by Crippen LogP contribution is 2.39. The van der Waals surface area contributed by atoms with Crippen LogP contribution in [0.1, 0.15) is 11.3 Å². The second-order valence-corrected chi connectivity index (χ2v) is 6.60. The van der Waals surface area contributed by atoms with Crippen molar-refractivity contribution in [3.63, 3.8) is 0 Å². The number of thiazole rings is 1. The number of nitrogens with zero attached hydrogens (tertiary/aromatic N) is 2. The fraction of sp³-hybridized carbons (Fsp3) is 0.190. The Hall–Kier alpha value is -3.57. The van der Waals surface area contributed by atoms with Crippen LogP contribution in [0.5, 0.6) is 17.2 Å². The lowest BCUT2D eigenvalue weighted by Crippen LogP contribution is -2.15. The van der Waals surface area contributed by atoms with Gasteiger partial charge in [0.05, 0.1) is 31.0 Å². The maximum atomic E-state index is 12.0. The van der Waals surface area contributed by atoms with Crippen LogP contribution in [0.4, 0.5) is 0 Å². The number of hydrogen-bond donors (Lipinski definition) is 0. The van der Waals surface area contributed by atoms with E-state index in [1.807, 2.05) is 29.6 Å². The van der Waals surface area contributed by atoms with Crippen LogP contribution in [0.15, 0.2) is 47.8 Å². The van der Waals surface area contributed by atoms with Gasteiger partial charge in [0.15, 0.2) is 18.1 Å². The minimum absolute atomic E-state index is 0.0187. The number of aromatic nitrogens is 1. The van der Waals surface area contributed by atoms with E-state index in [-0.39, 0.29) is 13.2 Å². The maximum absolute atomic E-state index is 12.0. The SMILES string of the molecule is COc1cccc(-c2nc(COC(=O)COc3ccccc3C#N)cs2)c1OC. The number of nitriles is 1. The van der Waals surface area contributed by atoms with E-state index in [0.29, 0.717) is 28.5 Å². The molecule has 148 valence electrons. The highest BCUT2D eigenvalue weighted by molar-refractivity contribution is 7.13. The number of para-hydroxylation sites is 2. The smallest absolute Gasteiger partial charge is 0.344 e. The molecule has 0 N–H and O–H groups in total. The summed E-state index contributed by atoms with van der Waals surface area (Å²) in [5.41, 5.74) is 1.77. The molecule has 0 spiro atoms. The Kier molecular flexibility index (Phi) is 6.66. The molecule has 3 rings (SSSR count). The zero-order chi connectivity index (χ0) is 20.6. The van der Waals surface area contributed by atoms with E-state index in [1.165, 1.54) is 11.3 Å². The molecule has 1 aromatic heterocycles. The van der Waals surface area contributed by atoms with Gasteiger partial charge in [0.2, 0.25) is 0 Å². The Morgan fingerprint density at radius 3 is 2.66 bits per heavy atom. The fourth-order valence-electron chi connectivity index (χ4n) is 2.57. The number of carbonyl (C=O) groups excluding carboxylic acids is 1. The Balaban J connectivity index is 1.60. The van der Waals surface area contributed by atoms with Gasteiger partial charge in [-0.15, -0.1) is 11.3 Å². The molecule has 2 aromatic carbocycles. The fourth-order valence-corrected chi connectivity index (χ4v) is 3.40. The first-order valence-corrected chi connectivity index (χ1v) is 9.47. The van der Waals surface area contributed by atoms with Crippen LogP contribution in [0.3, 0.4) is 0 Å². The molecule has 7 nitrogen and oxygen atoms in total. The summed E-state index contributed by atoms with van der Waals surface area (Å²) in [5.74, 6) is 1.000. The van der Waals surface area contributed by atoms with Gasteiger partial charge in [-0.2, -0.15) is 5.26 Å². The summed E-state index contributed by atoms with van der Waals surface area (Å²) in [6, 6.07) is 14.2. The molecule has 0 amide bonds. The van der Waals surface area contributed by atoms with Gasteiger partial charge in [-0.1, -0.05) is 18.2 Å². The van der Waals surface area contributed by atoms with Crippen LogP contribution in [0, 0.1) is 11.3 Å². The van der Waals surface area contributed by atoms with E-state index in [2.05, 4.69) is 4.98 Å². The van der Waals surface area contributed by atoms with Gasteiger partial charge < -0.3 is 18.9 Å². The number of benzene rings is 2. The number of carbonyl (C=O) groups is 1. The van der Waals surface area contributed by atoms with Crippen molar-refractivity contribution in [3.8, 4) is 33.9 Å². The van der Waals surface area contributed by atoms with E-state index >= 15 is 0 Å². The zero-order valence-corrected chi connectivity index (χ0v) is 16.7. The molecule has 29 heavy (non-hydrogen) atoms. The van der Waals surface area contributed by atoms with Gasteiger partial charge in [-0.05, 0) is 24.3 Å². The molecule has 0 atom stereocenters. The van der Waals surface area contributed by atoms with Crippen LogP contribution in [-0.2, 0) is 16.1 Å². The Morgan fingerprint density at radius 2 is 1.90 bits per heavy atom. The first-order valence-electron chi connectivity index (χ1n) is 8.59. The van der Waals surface area contributed by atoms with Gasteiger partial charge >= 0.3 is 5.97 Å². The third kappa shape index (κ3) is 4.83. The zero-order valence-electron chi connectivity index (χ0n) is 15.9. The molecule has 0 saturated heterocycles. The molecule has 0 unspecified atom stereocenters. The number of hydrogen-bond acceptors (Lipinski definition) is 8. The third-order valence-corrected chi connectivity index (χ3v) is 4.84. The van der Waals surface area contributed by atoms with Gasteiger partial charge in [-0.25, -0.2) is 9.78 Å². The van der Waals surface area contributed by atoms with E-state index in [0.717, 1.165) is 10.6 Å². The average molecular weight is 410 g/mol. The minimum atomic E-state index is -0.550. The molecule has 0 fully saturated rings. The quantitative estimate of drug-likeness (QED) is 0.521. The summed E-state index contributed by atoms with van der Waals surface area (Å²) in [6.07, 6.45) is 0. The Labute approximate surface area is 172 Å². The van der Waals surface area contributed by atoms with Crippen molar-refractivity contribution in [1.29, 1.82) is 5.26 Å². The number of esters is 1. The van der Waals surface area contributed by atoms with Gasteiger partial charge in [-0.3, -0.25) is 0 Å². The summed E-state index contributed by atoms with van der Waals surface area (Å²) in [7, 11) is 3.15. The Morgan fingerprint density at radius 1 is 1.10 bits per heavy atom. The minimum Gasteiger partial charge on any atom is -0.493 e. The van der Waals surface area contributed by atoms with Crippen LogP contribution >= 0.6 is 11.3 Å². The summed E-state index contributed by atoms with van der Waals surface area (Å²) in [5, 5.41) is 11.6. The van der Waals surface area contributed by atoms with Crippen LogP contribution in [0.25, 0.3) is 10.6 Å². The van der Waals surface area contributed by atoms with Crippen LogP contribution in [0.2, 0.25) is 0 Å². The van der Waals surface area contributed by atoms with Gasteiger partial charge in [0.25, 0.3) is 0 Å². The van der Waals surface area contributed by atoms with Crippen molar-refractivity contribution in [2.45, 2.75) is 6.61 Å². The molecule has 3 aromatic rings. The second-order valence-electron chi connectivity index (χ2n) is 5.74. The first kappa shape index (κ1) is 20.2. The predicted octanol–water partition coefficient (Wildman–Crippen LogP) is 3.82. The second kappa shape index (κ2) is 9.57. The van der Waals surface area contributed by atoms with Crippen LogP contribution < -0.4 is 14.2 Å². The molecule has 0 saturated carbocycles. The van der Waals surface area contributed by atoms with Crippen LogP contribution in [-0.4, -0.2) is 31.8 Å². The largest absolute Gasteiger partial charge is 0.493 e. The van der Waals surface area contributed by atoms with E-state index < -0.39 is 5.97 Å². The number of ether oxygens (including phenoxy) is 4. The van der Waals surface area contributed by atoms with Crippen molar-refractivity contribution in [1.82, 2.24) is 4.98 Å². The standard InChI is InChI=1S/C21H18N2O5S/c1-25-18-9-5-7-16(20(18)26-2)21-23-15(13-29-21)11-28-19(24)12-27-17-8-4-3-6-14(17)10-22/h3-9,13H,11-12H2,1-2H3. The molecular formula is C21H18N2O5S. The topological polar surface area (TPSA) is 90.7 Å². The summed E-state index contributed by atoms with van der Waals surface area (Å²) in [4.78, 5) is 16.5. The molecule has 1 heterocycles. The van der Waals surface area contributed by atoms with Crippen molar-refractivity contribution in [2.75, 3.05) is 20.8 Å². The predicted molar refractivity (Wildman–Crippen MR) is 107 cm³/mol. The molecule has 0 bridgehead atoms. The summed E-state index contributed by atoms with van der Waals surface area (Å²) >= 11 is 1.41. The van der Waals surface area contributed by atoms with Gasteiger partial charge in [0.1, 0.15) is 23.4 Å². The van der Waals surface area contributed by atoms with Crippen molar-refractivity contribution in [2.24, 2.45) is 0 Å². The average Bonchev–Trinajstić information content (AvgIpc) is 3.24. The molecule has 0 aliphatic carbocycles. The summed E-state index contributed by atoms with van der Waals surface area (Å²) in [6.45, 7) is -0.274. The lowest BCUT2D eigenvalue weighted by Gasteiger charge is -2.10. The molecule has 0 aliphatic heterocycles. The molecule has 8 heteroatoms. The van der Waals surface area contributed by atoms with E-state index in [1.54, 1.807) is 38.5 Å². The van der Waals surface area contributed by atoms with Crippen molar-refractivity contribution >= 4 is 17.3 Å². The van der Waals surface area contributed by atoms with E-state index in [9.17, 15) is 4.79 Å². The monoisotopic (exact) mass is 410 g/mol.